The van der Waals surface area contributed by atoms with Crippen molar-refractivity contribution in [3.05, 3.63) is 75.9 Å². The third-order valence-corrected chi connectivity index (χ3v) is 5.35. The number of carbonyl (C=O) groups excluding carboxylic acids is 1. The molecule has 6 nitrogen and oxygen atoms in total. The predicted molar refractivity (Wildman–Crippen MR) is 109 cm³/mol. The molecule has 0 saturated carbocycles. The van der Waals surface area contributed by atoms with Gasteiger partial charge in [0.05, 0.1) is 0 Å². The number of aromatic nitrogens is 1. The summed E-state index contributed by atoms with van der Waals surface area (Å²) in [6.07, 6.45) is 6.41. The summed E-state index contributed by atoms with van der Waals surface area (Å²) in [7, 11) is 0. The van der Waals surface area contributed by atoms with Gasteiger partial charge in [0, 0.05) is 36.0 Å². The number of esters is 1. The maximum Gasteiger partial charge on any atom is 0.336 e. The minimum Gasteiger partial charge on any atom is -0.460 e. The lowest BCUT2D eigenvalue weighted by atomic mass is 10.0. The molecule has 0 radical (unpaired) electrons. The zero-order chi connectivity index (χ0) is 20.2. The van der Waals surface area contributed by atoms with Crippen molar-refractivity contribution in [3.8, 4) is 0 Å². The lowest BCUT2D eigenvalue weighted by Crippen LogP contribution is -2.44. The second kappa shape index (κ2) is 8.57. The Kier molecular flexibility index (Phi) is 5.71. The number of hydrogen-bond acceptors (Lipinski definition) is 6. The number of carbonyl (C=O) groups is 1. The summed E-state index contributed by atoms with van der Waals surface area (Å²) in [4.78, 5) is 31.1. The number of benzene rings is 1. The van der Waals surface area contributed by atoms with Crippen LogP contribution in [0.15, 0.2) is 58.0 Å². The highest BCUT2D eigenvalue weighted by molar-refractivity contribution is 5.81. The molecule has 29 heavy (non-hydrogen) atoms. The molecular formula is C23H24N2O4. The van der Waals surface area contributed by atoms with Gasteiger partial charge < -0.3 is 9.15 Å². The molecule has 1 fully saturated rings. The second-order valence-corrected chi connectivity index (χ2v) is 7.54. The van der Waals surface area contributed by atoms with Crippen molar-refractivity contribution in [2.45, 2.75) is 45.4 Å². The standard InChI is InChI=1S/C23H24N2O4/c1-16-7-8-19-18(12-22(26)29-21(19)11-16)15-28-23(27)20-6-2-3-10-25(20)14-17-5-4-9-24-13-17/h4-5,7-9,11-13,20H,2-3,6,10,14-15H2,1H3/t20-/m1/s1. The van der Waals surface area contributed by atoms with Gasteiger partial charge in [-0.1, -0.05) is 24.6 Å². The largest absolute Gasteiger partial charge is 0.460 e. The van der Waals surface area contributed by atoms with Gasteiger partial charge in [0.15, 0.2) is 0 Å². The third-order valence-electron chi connectivity index (χ3n) is 5.35. The quantitative estimate of drug-likeness (QED) is 0.488. The number of rotatable bonds is 5. The van der Waals surface area contributed by atoms with Crippen LogP contribution in [0.1, 0.15) is 36.0 Å². The Bertz CT molecular complexity index is 1060. The molecule has 1 aromatic carbocycles. The molecule has 0 aliphatic carbocycles. The number of nitrogens with zero attached hydrogens (tertiary/aromatic N) is 2. The number of ether oxygens (including phenoxy) is 1. The van der Waals surface area contributed by atoms with Gasteiger partial charge in [-0.25, -0.2) is 4.79 Å². The summed E-state index contributed by atoms with van der Waals surface area (Å²) in [6.45, 7) is 3.52. The highest BCUT2D eigenvalue weighted by atomic mass is 16.5. The van der Waals surface area contributed by atoms with Crippen LogP contribution in [0.2, 0.25) is 0 Å². The van der Waals surface area contributed by atoms with Crippen molar-refractivity contribution in [3.63, 3.8) is 0 Å². The molecule has 1 atom stereocenters. The summed E-state index contributed by atoms with van der Waals surface area (Å²) < 4.78 is 10.9. The Balaban J connectivity index is 1.48. The maximum atomic E-state index is 12.9. The first-order valence-electron chi connectivity index (χ1n) is 9.93. The van der Waals surface area contributed by atoms with Crippen molar-refractivity contribution in [2.24, 2.45) is 0 Å². The first kappa shape index (κ1) is 19.3. The van der Waals surface area contributed by atoms with Crippen LogP contribution in [0.3, 0.4) is 0 Å². The van der Waals surface area contributed by atoms with Crippen molar-refractivity contribution < 1.29 is 13.9 Å². The molecule has 0 N–H and O–H groups in total. The van der Waals surface area contributed by atoms with Crippen LogP contribution in [0, 0.1) is 6.92 Å². The Morgan fingerprint density at radius 1 is 1.28 bits per heavy atom. The molecule has 1 saturated heterocycles. The van der Waals surface area contributed by atoms with Gasteiger partial charge in [-0.05, 0) is 49.6 Å². The Morgan fingerprint density at radius 2 is 2.17 bits per heavy atom. The summed E-state index contributed by atoms with van der Waals surface area (Å²) in [5.41, 5.74) is 2.82. The van der Waals surface area contributed by atoms with Crippen molar-refractivity contribution in [1.29, 1.82) is 0 Å². The van der Waals surface area contributed by atoms with Crippen LogP contribution in [-0.4, -0.2) is 28.4 Å². The SMILES string of the molecule is Cc1ccc2c(COC(=O)[C@H]3CCCCN3Cc3cccnc3)cc(=O)oc2c1. The van der Waals surface area contributed by atoms with E-state index in [2.05, 4.69) is 9.88 Å². The average Bonchev–Trinajstić information content (AvgIpc) is 2.72. The Labute approximate surface area is 169 Å². The molecule has 4 rings (SSSR count). The number of hydrogen-bond donors (Lipinski definition) is 0. The highest BCUT2D eigenvalue weighted by Crippen LogP contribution is 2.23. The minimum atomic E-state index is -0.440. The van der Waals surface area contributed by atoms with Crippen molar-refractivity contribution in [2.75, 3.05) is 6.54 Å². The van der Waals surface area contributed by atoms with Crippen LogP contribution in [-0.2, 0) is 22.7 Å². The lowest BCUT2D eigenvalue weighted by molar-refractivity contribution is -0.153. The van der Waals surface area contributed by atoms with Gasteiger partial charge in [0.2, 0.25) is 0 Å². The van der Waals surface area contributed by atoms with E-state index < -0.39 is 5.63 Å². The molecule has 0 unspecified atom stereocenters. The smallest absolute Gasteiger partial charge is 0.336 e. The number of likely N-dealkylation sites (tertiary alicyclic amines) is 1. The topological polar surface area (TPSA) is 72.6 Å². The molecule has 3 heterocycles. The van der Waals surface area contributed by atoms with Crippen LogP contribution in [0.25, 0.3) is 11.0 Å². The van der Waals surface area contributed by atoms with Gasteiger partial charge in [-0.3, -0.25) is 14.7 Å². The van der Waals surface area contributed by atoms with E-state index in [0.29, 0.717) is 17.7 Å². The fraction of sp³-hybridized carbons (Fsp3) is 0.348. The molecule has 0 spiro atoms. The summed E-state index contributed by atoms with van der Waals surface area (Å²) in [6, 6.07) is 10.7. The lowest BCUT2D eigenvalue weighted by Gasteiger charge is -2.33. The van der Waals surface area contributed by atoms with E-state index >= 15 is 0 Å². The average molecular weight is 392 g/mol. The van der Waals surface area contributed by atoms with Crippen LogP contribution >= 0.6 is 0 Å². The third kappa shape index (κ3) is 4.54. The molecule has 6 heteroatoms. The maximum absolute atomic E-state index is 12.9. The van der Waals surface area contributed by atoms with E-state index in [1.807, 2.05) is 43.5 Å². The van der Waals surface area contributed by atoms with Crippen LogP contribution in [0.4, 0.5) is 0 Å². The normalized spacial score (nSPS) is 17.3. The predicted octanol–water partition coefficient (Wildman–Crippen LogP) is 3.59. The molecule has 3 aromatic rings. The zero-order valence-corrected chi connectivity index (χ0v) is 16.5. The highest BCUT2D eigenvalue weighted by Gasteiger charge is 2.30. The van der Waals surface area contributed by atoms with Crippen molar-refractivity contribution in [1.82, 2.24) is 9.88 Å². The zero-order valence-electron chi connectivity index (χ0n) is 16.5. The molecule has 1 aliphatic heterocycles. The first-order chi connectivity index (χ1) is 14.1. The van der Waals surface area contributed by atoms with E-state index in [-0.39, 0.29) is 18.6 Å². The second-order valence-electron chi connectivity index (χ2n) is 7.54. The van der Waals surface area contributed by atoms with E-state index in [1.165, 1.54) is 6.07 Å². The van der Waals surface area contributed by atoms with Crippen LogP contribution < -0.4 is 5.63 Å². The van der Waals surface area contributed by atoms with E-state index in [4.69, 9.17) is 9.15 Å². The Morgan fingerprint density at radius 3 is 3.00 bits per heavy atom. The molecule has 0 bridgehead atoms. The fourth-order valence-corrected chi connectivity index (χ4v) is 3.87. The van der Waals surface area contributed by atoms with E-state index in [0.717, 1.165) is 42.3 Å². The monoisotopic (exact) mass is 392 g/mol. The first-order valence-corrected chi connectivity index (χ1v) is 9.93. The molecule has 2 aromatic heterocycles. The van der Waals surface area contributed by atoms with Crippen molar-refractivity contribution >= 4 is 16.9 Å². The summed E-state index contributed by atoms with van der Waals surface area (Å²) >= 11 is 0. The molecule has 0 amide bonds. The number of pyridine rings is 1. The molecule has 1 aliphatic rings. The molecule has 150 valence electrons. The van der Waals surface area contributed by atoms with Gasteiger partial charge in [0.25, 0.3) is 0 Å². The minimum absolute atomic E-state index is 0.0568. The molecular weight excluding hydrogens is 368 g/mol. The number of aryl methyl sites for hydroxylation is 1. The fourth-order valence-electron chi connectivity index (χ4n) is 3.87. The summed E-state index contributed by atoms with van der Waals surface area (Å²) in [5.74, 6) is -0.248. The Hall–Kier alpha value is -2.99. The van der Waals surface area contributed by atoms with E-state index in [9.17, 15) is 9.59 Å². The van der Waals surface area contributed by atoms with E-state index in [1.54, 1.807) is 6.20 Å². The van der Waals surface area contributed by atoms with Gasteiger partial charge in [-0.15, -0.1) is 0 Å². The number of piperidine rings is 1. The van der Waals surface area contributed by atoms with Gasteiger partial charge >= 0.3 is 11.6 Å². The van der Waals surface area contributed by atoms with Crippen LogP contribution in [0.5, 0.6) is 0 Å². The number of fused-ring (bicyclic) bond motifs is 1. The summed E-state index contributed by atoms with van der Waals surface area (Å²) in [5, 5.41) is 0.791. The van der Waals surface area contributed by atoms with Gasteiger partial charge in [0.1, 0.15) is 18.2 Å². The van der Waals surface area contributed by atoms with Gasteiger partial charge in [-0.2, -0.15) is 0 Å².